The Bertz CT molecular complexity index is 1140. The number of benzene rings is 2. The number of aromatic nitrogens is 1. The maximum absolute atomic E-state index is 12.1. The van der Waals surface area contributed by atoms with Crippen LogP contribution in [0.3, 0.4) is 0 Å². The van der Waals surface area contributed by atoms with Crippen LogP contribution in [0.5, 0.6) is 0 Å². The van der Waals surface area contributed by atoms with Gasteiger partial charge in [0.1, 0.15) is 13.7 Å². The third kappa shape index (κ3) is 5.40. The van der Waals surface area contributed by atoms with Crippen molar-refractivity contribution < 1.29 is 23.9 Å². The van der Waals surface area contributed by atoms with Gasteiger partial charge in [0.2, 0.25) is 5.90 Å². The molecule has 8 nitrogen and oxygen atoms in total. The Balaban J connectivity index is 1.70. The summed E-state index contributed by atoms with van der Waals surface area (Å²) in [6.07, 6.45) is 1.45. The summed E-state index contributed by atoms with van der Waals surface area (Å²) in [5.41, 5.74) is 3.20. The second-order valence-corrected chi connectivity index (χ2v) is 6.84. The van der Waals surface area contributed by atoms with Crippen LogP contribution in [0.4, 0.5) is 0 Å². The summed E-state index contributed by atoms with van der Waals surface area (Å²) in [5.74, 6) is -0.264. The van der Waals surface area contributed by atoms with E-state index in [0.29, 0.717) is 11.5 Å². The number of rotatable bonds is 8. The van der Waals surface area contributed by atoms with E-state index in [1.54, 1.807) is 25.3 Å². The van der Waals surface area contributed by atoms with E-state index >= 15 is 0 Å². The summed E-state index contributed by atoms with van der Waals surface area (Å²) in [4.78, 5) is 26.9. The highest BCUT2D eigenvalue weighted by molar-refractivity contribution is 6.43. The average molecular weight is 435 g/mol. The molecular weight excluding hydrogens is 410 g/mol. The van der Waals surface area contributed by atoms with Crippen LogP contribution < -0.4 is 0 Å². The lowest BCUT2D eigenvalue weighted by Gasteiger charge is -2.14. The lowest BCUT2D eigenvalue weighted by atomic mass is 10.0. The molecule has 2 aromatic carbocycles. The molecule has 0 aliphatic carbocycles. The summed E-state index contributed by atoms with van der Waals surface area (Å²) in [7, 11) is 2.65. The number of fused-ring (bicyclic) bond motifs is 1. The van der Waals surface area contributed by atoms with E-state index in [0.717, 1.165) is 22.0 Å². The molecule has 32 heavy (non-hydrogen) atoms. The predicted molar refractivity (Wildman–Crippen MR) is 121 cm³/mol. The highest BCUT2D eigenvalue weighted by Gasteiger charge is 2.19. The summed E-state index contributed by atoms with van der Waals surface area (Å²) in [6, 6.07) is 17.0. The van der Waals surface area contributed by atoms with Crippen molar-refractivity contribution in [3.05, 3.63) is 77.5 Å². The lowest BCUT2D eigenvalue weighted by molar-refractivity contribution is -0.132. The molecule has 0 spiro atoms. The number of carbonyl (C=O) groups is 1. The quantitative estimate of drug-likeness (QED) is 0.226. The van der Waals surface area contributed by atoms with Crippen molar-refractivity contribution in [3.63, 3.8) is 0 Å². The summed E-state index contributed by atoms with van der Waals surface area (Å²) in [6.45, 7) is 3.77. The molecule has 8 heteroatoms. The fraction of sp³-hybridized carbons (Fsp3) is 0.250. The van der Waals surface area contributed by atoms with Crippen molar-refractivity contribution in [2.45, 2.75) is 26.6 Å². The number of para-hydroxylation sites is 1. The number of nitrogens with zero attached hydrogens (tertiary/aromatic N) is 3. The summed E-state index contributed by atoms with van der Waals surface area (Å²) < 4.78 is 10.5. The SMILES string of the molecule is CO/N=C(/C(=O)OC)c1ccccc1CO/C(C)=N/OC(C)c1ccnc2ccccc12. The van der Waals surface area contributed by atoms with Gasteiger partial charge in [-0.15, -0.1) is 0 Å². The van der Waals surface area contributed by atoms with Gasteiger partial charge in [-0.1, -0.05) is 52.8 Å². The summed E-state index contributed by atoms with van der Waals surface area (Å²) >= 11 is 0. The second kappa shape index (κ2) is 10.9. The number of esters is 1. The van der Waals surface area contributed by atoms with Crippen LogP contribution in [0.1, 0.15) is 36.6 Å². The molecule has 0 aliphatic rings. The Morgan fingerprint density at radius 1 is 1.03 bits per heavy atom. The van der Waals surface area contributed by atoms with Gasteiger partial charge in [-0.05, 0) is 24.6 Å². The van der Waals surface area contributed by atoms with E-state index in [-0.39, 0.29) is 18.4 Å². The Morgan fingerprint density at radius 3 is 2.56 bits per heavy atom. The zero-order valence-electron chi connectivity index (χ0n) is 18.4. The van der Waals surface area contributed by atoms with E-state index in [9.17, 15) is 4.79 Å². The third-order valence-corrected chi connectivity index (χ3v) is 4.73. The van der Waals surface area contributed by atoms with Crippen LogP contribution in [0, 0.1) is 0 Å². The number of pyridine rings is 1. The van der Waals surface area contributed by atoms with Gasteiger partial charge in [0.25, 0.3) is 0 Å². The Hall–Kier alpha value is -3.94. The van der Waals surface area contributed by atoms with E-state index in [4.69, 9.17) is 19.1 Å². The number of hydrogen-bond acceptors (Lipinski definition) is 8. The topological polar surface area (TPSA) is 91.6 Å². The van der Waals surface area contributed by atoms with Crippen molar-refractivity contribution in [2.24, 2.45) is 10.3 Å². The third-order valence-electron chi connectivity index (χ3n) is 4.73. The average Bonchev–Trinajstić information content (AvgIpc) is 2.84. The summed E-state index contributed by atoms with van der Waals surface area (Å²) in [5, 5.41) is 8.92. The molecule has 0 aliphatic heterocycles. The lowest BCUT2D eigenvalue weighted by Crippen LogP contribution is -2.19. The molecular formula is C24H25N3O5. The molecule has 0 bridgehead atoms. The molecule has 166 valence electrons. The van der Waals surface area contributed by atoms with E-state index in [2.05, 4.69) is 15.3 Å². The van der Waals surface area contributed by atoms with Gasteiger partial charge in [-0.25, -0.2) is 4.79 Å². The van der Waals surface area contributed by atoms with Crippen molar-refractivity contribution >= 4 is 28.5 Å². The van der Waals surface area contributed by atoms with Gasteiger partial charge in [0, 0.05) is 29.6 Å². The smallest absolute Gasteiger partial charge is 0.360 e. The number of methoxy groups -OCH3 is 1. The highest BCUT2D eigenvalue weighted by Crippen LogP contribution is 2.25. The van der Waals surface area contributed by atoms with Crippen molar-refractivity contribution in [1.82, 2.24) is 4.98 Å². The minimum Gasteiger partial charge on any atom is -0.474 e. The molecule has 0 saturated heterocycles. The van der Waals surface area contributed by atoms with Gasteiger partial charge < -0.3 is 19.1 Å². The van der Waals surface area contributed by atoms with Gasteiger partial charge in [0.15, 0.2) is 11.8 Å². The largest absolute Gasteiger partial charge is 0.474 e. The number of carbonyl (C=O) groups excluding carboxylic acids is 1. The number of oxime groups is 2. The molecule has 1 atom stereocenters. The van der Waals surface area contributed by atoms with Crippen LogP contribution >= 0.6 is 0 Å². The fourth-order valence-corrected chi connectivity index (χ4v) is 3.15. The molecule has 0 saturated carbocycles. The highest BCUT2D eigenvalue weighted by atomic mass is 16.7. The molecule has 1 heterocycles. The van der Waals surface area contributed by atoms with Crippen molar-refractivity contribution in [3.8, 4) is 0 Å². The minimum atomic E-state index is -0.605. The molecule has 1 aromatic heterocycles. The van der Waals surface area contributed by atoms with E-state index in [1.807, 2.05) is 49.4 Å². The predicted octanol–water partition coefficient (Wildman–Crippen LogP) is 4.39. The first-order valence-corrected chi connectivity index (χ1v) is 9.99. The Kier molecular flexibility index (Phi) is 7.75. The van der Waals surface area contributed by atoms with Crippen LogP contribution in [0.15, 0.2) is 71.1 Å². The second-order valence-electron chi connectivity index (χ2n) is 6.84. The first-order valence-electron chi connectivity index (χ1n) is 9.99. The molecule has 0 amide bonds. The van der Waals surface area contributed by atoms with Crippen LogP contribution in [0.2, 0.25) is 0 Å². The van der Waals surface area contributed by atoms with Gasteiger partial charge in [-0.3, -0.25) is 4.98 Å². The van der Waals surface area contributed by atoms with Crippen molar-refractivity contribution in [2.75, 3.05) is 14.2 Å². The molecule has 3 aromatic rings. The van der Waals surface area contributed by atoms with Crippen LogP contribution in [-0.2, 0) is 30.6 Å². The molecule has 1 unspecified atom stereocenters. The standard InChI is InChI=1S/C24H25N3O5/c1-16(19-13-14-25-22-12-8-7-11-21(19)22)32-26-17(2)31-15-18-9-5-6-10-20(18)23(27-30-4)24(28)29-3/h5-14,16H,15H2,1-4H3/b26-17+,27-23+. The first kappa shape index (κ1) is 22.7. The van der Waals surface area contributed by atoms with Crippen LogP contribution in [-0.4, -0.2) is 36.8 Å². The molecule has 3 rings (SSSR count). The van der Waals surface area contributed by atoms with E-state index < -0.39 is 5.97 Å². The zero-order valence-corrected chi connectivity index (χ0v) is 18.4. The maximum atomic E-state index is 12.1. The van der Waals surface area contributed by atoms with Gasteiger partial charge >= 0.3 is 5.97 Å². The zero-order chi connectivity index (χ0) is 22.9. The fourth-order valence-electron chi connectivity index (χ4n) is 3.15. The van der Waals surface area contributed by atoms with Gasteiger partial charge in [0.05, 0.1) is 12.6 Å². The number of ether oxygens (including phenoxy) is 2. The van der Waals surface area contributed by atoms with Crippen LogP contribution in [0.25, 0.3) is 10.9 Å². The van der Waals surface area contributed by atoms with E-state index in [1.165, 1.54) is 14.2 Å². The first-order chi connectivity index (χ1) is 15.5. The van der Waals surface area contributed by atoms with Crippen molar-refractivity contribution in [1.29, 1.82) is 0 Å². The Labute approximate surface area is 186 Å². The Morgan fingerprint density at radius 2 is 1.78 bits per heavy atom. The molecule has 0 N–H and O–H groups in total. The molecule has 0 fully saturated rings. The number of hydrogen-bond donors (Lipinski definition) is 0. The normalized spacial score (nSPS) is 12.9. The monoisotopic (exact) mass is 435 g/mol. The minimum absolute atomic E-state index is 0.0539. The van der Waals surface area contributed by atoms with Gasteiger partial charge in [-0.2, -0.15) is 0 Å². The maximum Gasteiger partial charge on any atom is 0.360 e. The molecule has 0 radical (unpaired) electrons.